The summed E-state index contributed by atoms with van der Waals surface area (Å²) in [6, 6.07) is 0. The van der Waals surface area contributed by atoms with Gasteiger partial charge in [0.1, 0.15) is 19.3 Å². The van der Waals surface area contributed by atoms with Crippen molar-refractivity contribution in [2.24, 2.45) is 23.7 Å². The fraction of sp³-hybridized carbons (Fsp3) is 0.942. The molecular formula is C69H134O17P2. The molecule has 0 spiro atoms. The van der Waals surface area contributed by atoms with Crippen molar-refractivity contribution in [2.75, 3.05) is 39.6 Å². The first kappa shape index (κ1) is 86.1. The number of hydrogen-bond acceptors (Lipinski definition) is 15. The van der Waals surface area contributed by atoms with Crippen molar-refractivity contribution >= 4 is 39.5 Å². The Kier molecular flexibility index (Phi) is 57.6. The number of esters is 4. The smallest absolute Gasteiger partial charge is 0.462 e. The number of aliphatic hydroxyl groups excluding tert-OH is 1. The zero-order chi connectivity index (χ0) is 65.4. The molecule has 0 aliphatic heterocycles. The van der Waals surface area contributed by atoms with Gasteiger partial charge in [-0.25, -0.2) is 9.13 Å². The molecule has 0 saturated carbocycles. The van der Waals surface area contributed by atoms with Crippen LogP contribution in [-0.2, 0) is 65.4 Å². The second-order valence-corrected chi connectivity index (χ2v) is 29.7. The van der Waals surface area contributed by atoms with Gasteiger partial charge in [0.2, 0.25) is 0 Å². The van der Waals surface area contributed by atoms with Crippen LogP contribution in [0.5, 0.6) is 0 Å². The molecule has 522 valence electrons. The molecule has 88 heavy (non-hydrogen) atoms. The quantitative estimate of drug-likeness (QED) is 0.0222. The summed E-state index contributed by atoms with van der Waals surface area (Å²) in [5.41, 5.74) is 0. The van der Waals surface area contributed by atoms with E-state index in [1.165, 1.54) is 135 Å². The van der Waals surface area contributed by atoms with Crippen molar-refractivity contribution in [2.45, 2.75) is 356 Å². The number of carbonyl (C=O) groups is 4. The molecular weight excluding hydrogens is 1160 g/mol. The van der Waals surface area contributed by atoms with Gasteiger partial charge in [0.15, 0.2) is 12.2 Å². The molecule has 0 heterocycles. The SMILES string of the molecule is CC(C)CCCCCCCCCCCCCCC(=O)O[C@H](COC(=O)CCCCCCCCCCCC(C)C)COP(=O)(O)OC[C@@H](O)COP(=O)(O)OC[C@@H](COC(=O)CCCCCCCCC(C)C)OC(=O)CCCCCCCCCCCC(C)C. The Labute approximate surface area is 537 Å². The minimum Gasteiger partial charge on any atom is -0.462 e. The zero-order valence-electron chi connectivity index (χ0n) is 57.3. The maximum Gasteiger partial charge on any atom is 0.472 e. The van der Waals surface area contributed by atoms with Crippen LogP contribution >= 0.6 is 15.6 Å². The third kappa shape index (κ3) is 62.8. The Morgan fingerprint density at radius 1 is 0.284 bits per heavy atom. The van der Waals surface area contributed by atoms with Crippen molar-refractivity contribution < 1.29 is 80.2 Å². The third-order valence-electron chi connectivity index (χ3n) is 15.8. The summed E-state index contributed by atoms with van der Waals surface area (Å²) in [4.78, 5) is 72.5. The van der Waals surface area contributed by atoms with E-state index in [1.54, 1.807) is 0 Å². The fourth-order valence-electron chi connectivity index (χ4n) is 10.3. The standard InChI is InChI=1S/C69H134O17P2/c1-59(2)45-37-29-21-15-11-9-10-12-18-25-35-43-51-68(73)85-64(55-79-66(71)49-41-33-24-19-13-16-22-30-38-46-60(3)4)57-83-87(75,76)81-53-63(70)54-82-88(77,78)84-58-65(56-80-67(72)50-42-34-28-27-32-40-48-62(7)8)86-69(74)52-44-36-26-20-14-17-23-31-39-47-61(5)6/h59-65,70H,9-58H2,1-8H3,(H,75,76)(H,77,78)/t63-,64-,65-/m1/s1. The van der Waals surface area contributed by atoms with Gasteiger partial charge in [0.05, 0.1) is 26.4 Å². The highest BCUT2D eigenvalue weighted by molar-refractivity contribution is 7.47. The van der Waals surface area contributed by atoms with Crippen LogP contribution in [0, 0.1) is 23.7 Å². The first-order chi connectivity index (χ1) is 42.1. The number of hydrogen-bond donors (Lipinski definition) is 3. The van der Waals surface area contributed by atoms with Crippen LogP contribution in [0.3, 0.4) is 0 Å². The van der Waals surface area contributed by atoms with E-state index in [0.29, 0.717) is 31.6 Å². The summed E-state index contributed by atoms with van der Waals surface area (Å²) in [5.74, 6) is 0.804. The average molecular weight is 1300 g/mol. The molecule has 17 nitrogen and oxygen atoms in total. The molecule has 0 aliphatic carbocycles. The molecule has 3 N–H and O–H groups in total. The van der Waals surface area contributed by atoms with E-state index >= 15 is 0 Å². The lowest BCUT2D eigenvalue weighted by Gasteiger charge is -2.21. The van der Waals surface area contributed by atoms with Gasteiger partial charge in [-0.15, -0.1) is 0 Å². The molecule has 0 radical (unpaired) electrons. The Bertz CT molecular complexity index is 1750. The van der Waals surface area contributed by atoms with Gasteiger partial charge >= 0.3 is 39.5 Å². The molecule has 0 bridgehead atoms. The molecule has 0 aromatic carbocycles. The van der Waals surface area contributed by atoms with Crippen LogP contribution in [0.2, 0.25) is 0 Å². The average Bonchev–Trinajstić information content (AvgIpc) is 3.68. The number of rotatable bonds is 66. The van der Waals surface area contributed by atoms with Gasteiger partial charge in [0.25, 0.3) is 0 Å². The molecule has 0 aliphatic rings. The summed E-state index contributed by atoms with van der Waals surface area (Å²) in [5, 5.41) is 10.6. The van der Waals surface area contributed by atoms with Gasteiger partial charge < -0.3 is 33.8 Å². The van der Waals surface area contributed by atoms with E-state index in [2.05, 4.69) is 55.4 Å². The van der Waals surface area contributed by atoms with Crippen molar-refractivity contribution in [1.29, 1.82) is 0 Å². The lowest BCUT2D eigenvalue weighted by molar-refractivity contribution is -0.161. The normalized spacial score (nSPS) is 14.3. The van der Waals surface area contributed by atoms with Gasteiger partial charge in [-0.05, 0) is 49.4 Å². The predicted molar refractivity (Wildman–Crippen MR) is 354 cm³/mol. The zero-order valence-corrected chi connectivity index (χ0v) is 59.1. The van der Waals surface area contributed by atoms with Crippen molar-refractivity contribution in [3.63, 3.8) is 0 Å². The number of carbonyl (C=O) groups excluding carboxylic acids is 4. The van der Waals surface area contributed by atoms with Crippen molar-refractivity contribution in [1.82, 2.24) is 0 Å². The molecule has 19 heteroatoms. The highest BCUT2D eigenvalue weighted by Gasteiger charge is 2.30. The van der Waals surface area contributed by atoms with Gasteiger partial charge in [0, 0.05) is 25.7 Å². The van der Waals surface area contributed by atoms with Crippen molar-refractivity contribution in [3.05, 3.63) is 0 Å². The van der Waals surface area contributed by atoms with E-state index in [0.717, 1.165) is 114 Å². The second kappa shape index (κ2) is 58.8. The molecule has 0 rings (SSSR count). The second-order valence-electron chi connectivity index (χ2n) is 26.8. The number of unbranched alkanes of at least 4 members (excludes halogenated alkanes) is 32. The van der Waals surface area contributed by atoms with Gasteiger partial charge in [-0.2, -0.15) is 0 Å². The highest BCUT2D eigenvalue weighted by atomic mass is 31.2. The van der Waals surface area contributed by atoms with Crippen LogP contribution < -0.4 is 0 Å². The van der Waals surface area contributed by atoms with Crippen molar-refractivity contribution in [3.8, 4) is 0 Å². The topological polar surface area (TPSA) is 237 Å². The number of phosphoric acid groups is 2. The molecule has 2 unspecified atom stereocenters. The highest BCUT2D eigenvalue weighted by Crippen LogP contribution is 2.45. The number of ether oxygens (including phenoxy) is 4. The monoisotopic (exact) mass is 1300 g/mol. The number of aliphatic hydroxyl groups is 1. The Morgan fingerprint density at radius 2 is 0.477 bits per heavy atom. The minimum atomic E-state index is -4.95. The summed E-state index contributed by atoms with van der Waals surface area (Å²) < 4.78 is 68.2. The maximum atomic E-state index is 13.0. The molecule has 0 fully saturated rings. The maximum absolute atomic E-state index is 13.0. The van der Waals surface area contributed by atoms with Crippen LogP contribution in [-0.4, -0.2) is 96.7 Å². The third-order valence-corrected chi connectivity index (χ3v) is 17.7. The van der Waals surface area contributed by atoms with E-state index in [1.807, 2.05) is 0 Å². The number of phosphoric ester groups is 2. The summed E-state index contributed by atoms with van der Waals surface area (Å²) in [6.07, 6.45) is 40.4. The predicted octanol–water partition coefficient (Wildman–Crippen LogP) is 19.3. The first-order valence-electron chi connectivity index (χ1n) is 35.7. The molecule has 0 saturated heterocycles. The minimum absolute atomic E-state index is 0.104. The Hall–Kier alpha value is -1.94. The molecule has 0 aromatic heterocycles. The lowest BCUT2D eigenvalue weighted by Crippen LogP contribution is -2.30. The summed E-state index contributed by atoms with van der Waals surface area (Å²) >= 11 is 0. The Balaban J connectivity index is 5.25. The Morgan fingerprint density at radius 3 is 0.705 bits per heavy atom. The van der Waals surface area contributed by atoms with Crippen LogP contribution in [0.4, 0.5) is 0 Å². The van der Waals surface area contributed by atoms with E-state index in [-0.39, 0.29) is 25.7 Å². The molecule has 0 aromatic rings. The van der Waals surface area contributed by atoms with E-state index in [4.69, 9.17) is 37.0 Å². The lowest BCUT2D eigenvalue weighted by atomic mass is 10.0. The first-order valence-corrected chi connectivity index (χ1v) is 38.7. The van der Waals surface area contributed by atoms with E-state index < -0.39 is 97.5 Å². The van der Waals surface area contributed by atoms with Crippen LogP contribution in [0.1, 0.15) is 338 Å². The van der Waals surface area contributed by atoms with Crippen LogP contribution in [0.25, 0.3) is 0 Å². The fourth-order valence-corrected chi connectivity index (χ4v) is 11.9. The summed E-state index contributed by atoms with van der Waals surface area (Å²) in [7, 11) is -9.90. The largest absolute Gasteiger partial charge is 0.472 e. The molecule has 0 amide bonds. The van der Waals surface area contributed by atoms with Gasteiger partial charge in [-0.3, -0.25) is 37.3 Å². The van der Waals surface area contributed by atoms with Gasteiger partial charge in [-0.1, -0.05) is 287 Å². The molecule has 5 atom stereocenters. The summed E-state index contributed by atoms with van der Waals surface area (Å²) in [6.45, 7) is 14.0. The van der Waals surface area contributed by atoms with Crippen LogP contribution in [0.15, 0.2) is 0 Å². The van der Waals surface area contributed by atoms with E-state index in [9.17, 15) is 43.2 Å².